The first-order chi connectivity index (χ1) is 11.3. The maximum absolute atomic E-state index is 6.03. The summed E-state index contributed by atoms with van der Waals surface area (Å²) in [5.41, 5.74) is 2.31. The summed E-state index contributed by atoms with van der Waals surface area (Å²) in [6.07, 6.45) is 6.68. The Hall–Kier alpha value is -1.51. The Morgan fingerprint density at radius 1 is 1.00 bits per heavy atom. The van der Waals surface area contributed by atoms with Crippen LogP contribution in [0, 0.1) is 0 Å². The zero-order chi connectivity index (χ0) is 15.9. The second-order valence-corrected chi connectivity index (χ2v) is 6.68. The molecule has 2 aromatic rings. The molecule has 2 nitrogen and oxygen atoms in total. The van der Waals surface area contributed by atoms with Crippen molar-refractivity contribution in [1.82, 2.24) is 5.32 Å². The summed E-state index contributed by atoms with van der Waals surface area (Å²) in [7, 11) is 0. The van der Waals surface area contributed by atoms with Crippen LogP contribution in [0.3, 0.4) is 0 Å². The molecule has 0 bridgehead atoms. The average molecular weight is 330 g/mol. The number of hydrogen-bond acceptors (Lipinski definition) is 2. The first-order valence-corrected chi connectivity index (χ1v) is 8.87. The number of rotatable bonds is 6. The minimum Gasteiger partial charge on any atom is -0.489 e. The predicted molar refractivity (Wildman–Crippen MR) is 95.9 cm³/mol. The fraction of sp³-hybridized carbons (Fsp3) is 0.400. The molecular formula is C20H24ClNO. The highest BCUT2D eigenvalue weighted by atomic mass is 35.5. The Bertz CT molecular complexity index is 623. The van der Waals surface area contributed by atoms with Crippen molar-refractivity contribution >= 4 is 11.6 Å². The molecule has 3 rings (SSSR count). The molecule has 0 atom stereocenters. The van der Waals surface area contributed by atoms with Crippen molar-refractivity contribution in [2.45, 2.75) is 51.3 Å². The van der Waals surface area contributed by atoms with E-state index in [4.69, 9.17) is 16.3 Å². The van der Waals surface area contributed by atoms with Gasteiger partial charge in [-0.25, -0.2) is 0 Å². The second-order valence-electron chi connectivity index (χ2n) is 6.24. The van der Waals surface area contributed by atoms with Gasteiger partial charge in [0.15, 0.2) is 0 Å². The number of hydrogen-bond donors (Lipinski definition) is 1. The Morgan fingerprint density at radius 3 is 2.65 bits per heavy atom. The number of benzene rings is 2. The fourth-order valence-corrected chi connectivity index (χ4v) is 3.35. The molecule has 0 aliphatic heterocycles. The van der Waals surface area contributed by atoms with E-state index < -0.39 is 0 Å². The molecule has 1 saturated carbocycles. The van der Waals surface area contributed by atoms with E-state index in [1.54, 1.807) is 0 Å². The largest absolute Gasteiger partial charge is 0.489 e. The molecule has 0 heterocycles. The maximum Gasteiger partial charge on any atom is 0.124 e. The van der Waals surface area contributed by atoms with Crippen LogP contribution < -0.4 is 10.1 Å². The van der Waals surface area contributed by atoms with Crippen LogP contribution in [0.5, 0.6) is 5.75 Å². The van der Waals surface area contributed by atoms with E-state index in [-0.39, 0.29) is 0 Å². The van der Waals surface area contributed by atoms with Gasteiger partial charge in [-0.2, -0.15) is 0 Å². The van der Waals surface area contributed by atoms with Crippen LogP contribution in [-0.2, 0) is 13.2 Å². The molecule has 1 fully saturated rings. The van der Waals surface area contributed by atoms with Crippen LogP contribution in [-0.4, -0.2) is 6.04 Å². The van der Waals surface area contributed by atoms with Crippen molar-refractivity contribution in [3.8, 4) is 5.75 Å². The number of para-hydroxylation sites is 1. The molecule has 23 heavy (non-hydrogen) atoms. The normalized spacial score (nSPS) is 15.5. The van der Waals surface area contributed by atoms with Crippen molar-refractivity contribution in [3.63, 3.8) is 0 Å². The third kappa shape index (κ3) is 4.98. The molecule has 0 aromatic heterocycles. The highest BCUT2D eigenvalue weighted by molar-refractivity contribution is 6.30. The monoisotopic (exact) mass is 329 g/mol. The number of halogens is 1. The van der Waals surface area contributed by atoms with Gasteiger partial charge < -0.3 is 10.1 Å². The zero-order valence-electron chi connectivity index (χ0n) is 13.4. The second kappa shape index (κ2) is 8.37. The Balaban J connectivity index is 1.58. The lowest BCUT2D eigenvalue weighted by Crippen LogP contribution is -2.30. The van der Waals surface area contributed by atoms with Gasteiger partial charge in [-0.05, 0) is 36.6 Å². The molecule has 3 heteroatoms. The van der Waals surface area contributed by atoms with Gasteiger partial charge in [0.1, 0.15) is 12.4 Å². The van der Waals surface area contributed by atoms with E-state index in [1.165, 1.54) is 37.7 Å². The SMILES string of the molecule is Clc1cccc(COc2ccccc2CNC2CCCCC2)c1. The van der Waals surface area contributed by atoms with Crippen LogP contribution in [0.2, 0.25) is 5.02 Å². The van der Waals surface area contributed by atoms with Crippen molar-refractivity contribution in [2.24, 2.45) is 0 Å². The Kier molecular flexibility index (Phi) is 5.95. The standard InChI is InChI=1S/C20H24ClNO/c21-18-9-6-7-16(13-18)15-23-20-12-5-4-8-17(20)14-22-19-10-2-1-3-11-19/h4-9,12-13,19,22H,1-3,10-11,14-15H2. The summed E-state index contributed by atoms with van der Waals surface area (Å²) in [5.74, 6) is 0.954. The molecule has 0 radical (unpaired) electrons. The quantitative estimate of drug-likeness (QED) is 0.772. The van der Waals surface area contributed by atoms with Crippen LogP contribution in [0.1, 0.15) is 43.2 Å². The van der Waals surface area contributed by atoms with Crippen LogP contribution in [0.25, 0.3) is 0 Å². The lowest BCUT2D eigenvalue weighted by Gasteiger charge is -2.23. The summed E-state index contributed by atoms with van der Waals surface area (Å²) < 4.78 is 6.02. The maximum atomic E-state index is 6.03. The van der Waals surface area contributed by atoms with Gasteiger partial charge in [-0.1, -0.05) is 61.2 Å². The van der Waals surface area contributed by atoms with Crippen molar-refractivity contribution < 1.29 is 4.74 Å². The summed E-state index contributed by atoms with van der Waals surface area (Å²) in [5, 5.41) is 4.43. The molecule has 1 N–H and O–H groups in total. The molecule has 0 spiro atoms. The zero-order valence-corrected chi connectivity index (χ0v) is 14.2. The lowest BCUT2D eigenvalue weighted by molar-refractivity contribution is 0.300. The Morgan fingerprint density at radius 2 is 1.83 bits per heavy atom. The molecular weight excluding hydrogens is 306 g/mol. The first-order valence-electron chi connectivity index (χ1n) is 8.50. The molecule has 2 aromatic carbocycles. The predicted octanol–water partition coefficient (Wildman–Crippen LogP) is 5.34. The molecule has 0 amide bonds. The van der Waals surface area contributed by atoms with Crippen molar-refractivity contribution in [2.75, 3.05) is 0 Å². The van der Waals surface area contributed by atoms with Gasteiger partial charge in [0, 0.05) is 23.2 Å². The van der Waals surface area contributed by atoms with E-state index in [1.807, 2.05) is 36.4 Å². The van der Waals surface area contributed by atoms with Gasteiger partial charge in [0.25, 0.3) is 0 Å². The molecule has 0 unspecified atom stereocenters. The molecule has 0 saturated heterocycles. The molecule has 122 valence electrons. The highest BCUT2D eigenvalue weighted by Crippen LogP contribution is 2.22. The van der Waals surface area contributed by atoms with Gasteiger partial charge in [-0.3, -0.25) is 0 Å². The van der Waals surface area contributed by atoms with Gasteiger partial charge in [-0.15, -0.1) is 0 Å². The minimum absolute atomic E-state index is 0.543. The Labute approximate surface area is 143 Å². The van der Waals surface area contributed by atoms with Crippen molar-refractivity contribution in [3.05, 3.63) is 64.7 Å². The van der Waals surface area contributed by atoms with Crippen molar-refractivity contribution in [1.29, 1.82) is 0 Å². The van der Waals surface area contributed by atoms with Gasteiger partial charge in [0.2, 0.25) is 0 Å². The average Bonchev–Trinajstić information content (AvgIpc) is 2.60. The summed E-state index contributed by atoms with van der Waals surface area (Å²) in [6, 6.07) is 16.8. The van der Waals surface area contributed by atoms with Crippen LogP contribution >= 0.6 is 11.6 Å². The molecule has 1 aliphatic rings. The van der Waals surface area contributed by atoms with Crippen LogP contribution in [0.4, 0.5) is 0 Å². The van der Waals surface area contributed by atoms with E-state index in [2.05, 4.69) is 17.4 Å². The van der Waals surface area contributed by atoms with E-state index in [9.17, 15) is 0 Å². The van der Waals surface area contributed by atoms with E-state index >= 15 is 0 Å². The third-order valence-electron chi connectivity index (χ3n) is 4.44. The number of nitrogens with one attached hydrogen (secondary N) is 1. The molecule has 1 aliphatic carbocycles. The smallest absolute Gasteiger partial charge is 0.124 e. The minimum atomic E-state index is 0.543. The highest BCUT2D eigenvalue weighted by Gasteiger charge is 2.13. The van der Waals surface area contributed by atoms with Crippen LogP contribution in [0.15, 0.2) is 48.5 Å². The summed E-state index contributed by atoms with van der Waals surface area (Å²) >= 11 is 6.03. The van der Waals surface area contributed by atoms with Gasteiger partial charge in [0.05, 0.1) is 0 Å². The third-order valence-corrected chi connectivity index (χ3v) is 4.68. The first kappa shape index (κ1) is 16.4. The lowest BCUT2D eigenvalue weighted by atomic mass is 9.95. The fourth-order valence-electron chi connectivity index (χ4n) is 3.14. The van der Waals surface area contributed by atoms with E-state index in [0.717, 1.165) is 22.9 Å². The number of ether oxygens (including phenoxy) is 1. The topological polar surface area (TPSA) is 21.3 Å². The summed E-state index contributed by atoms with van der Waals surface area (Å²) in [6.45, 7) is 1.41. The van der Waals surface area contributed by atoms with Gasteiger partial charge >= 0.3 is 0 Å². The van der Waals surface area contributed by atoms with E-state index in [0.29, 0.717) is 12.6 Å². The summed E-state index contributed by atoms with van der Waals surface area (Å²) in [4.78, 5) is 0.